The molecule has 1 amide bonds. The number of nitrogens with zero attached hydrogens (tertiary/aromatic N) is 3. The van der Waals surface area contributed by atoms with Crippen molar-refractivity contribution in [2.75, 3.05) is 38.6 Å². The summed E-state index contributed by atoms with van der Waals surface area (Å²) >= 11 is 0. The molecule has 8 nitrogen and oxygen atoms in total. The molecule has 21 heavy (non-hydrogen) atoms. The van der Waals surface area contributed by atoms with Gasteiger partial charge in [-0.2, -0.15) is 0 Å². The Kier molecular flexibility index (Phi) is 4.45. The number of carbonyl (C=O) groups is 1. The van der Waals surface area contributed by atoms with Gasteiger partial charge in [-0.25, -0.2) is 17.7 Å². The predicted molar refractivity (Wildman–Crippen MR) is 78.3 cm³/mol. The van der Waals surface area contributed by atoms with E-state index in [0.717, 1.165) is 4.31 Å². The molecular weight excluding hydrogens is 294 g/mol. The minimum Gasteiger partial charge on any atom is -0.368 e. The van der Waals surface area contributed by atoms with Crippen LogP contribution < -0.4 is 16.0 Å². The molecule has 1 aromatic rings. The Morgan fingerprint density at radius 2 is 2.19 bits per heavy atom. The number of primary amides is 1. The van der Waals surface area contributed by atoms with Crippen molar-refractivity contribution in [3.8, 4) is 0 Å². The molecule has 1 unspecified atom stereocenters. The number of carbonyl (C=O) groups excluding carboxylic acids is 1. The van der Waals surface area contributed by atoms with Gasteiger partial charge < -0.3 is 16.0 Å². The molecule has 116 valence electrons. The molecule has 0 bridgehead atoms. The second-order valence-corrected chi connectivity index (χ2v) is 7.11. The number of aromatic nitrogens is 1. The zero-order valence-corrected chi connectivity index (χ0v) is 12.8. The molecule has 0 aliphatic carbocycles. The van der Waals surface area contributed by atoms with E-state index in [-0.39, 0.29) is 4.90 Å². The summed E-state index contributed by atoms with van der Waals surface area (Å²) in [5, 5.41) is 3.09. The van der Waals surface area contributed by atoms with Crippen molar-refractivity contribution in [2.24, 2.45) is 5.73 Å². The maximum absolute atomic E-state index is 12.0. The lowest BCUT2D eigenvalue weighted by atomic mass is 10.2. The quantitative estimate of drug-likeness (QED) is 0.707. The molecule has 2 rings (SSSR count). The minimum absolute atomic E-state index is 0.113. The highest BCUT2D eigenvalue weighted by Gasteiger charge is 2.28. The van der Waals surface area contributed by atoms with Gasteiger partial charge in [0.25, 0.3) is 0 Å². The summed E-state index contributed by atoms with van der Waals surface area (Å²) in [7, 11) is -0.584. The van der Waals surface area contributed by atoms with Gasteiger partial charge in [-0.05, 0) is 12.1 Å². The Hall–Kier alpha value is -1.71. The fourth-order valence-corrected chi connectivity index (χ4v) is 2.99. The lowest BCUT2D eigenvalue weighted by Gasteiger charge is -2.35. The number of rotatable bonds is 4. The highest BCUT2D eigenvalue weighted by atomic mass is 32.2. The lowest BCUT2D eigenvalue weighted by Crippen LogP contribution is -2.57. The van der Waals surface area contributed by atoms with Gasteiger partial charge in [0.2, 0.25) is 15.9 Å². The molecule has 1 aliphatic rings. The van der Waals surface area contributed by atoms with Gasteiger partial charge in [0.05, 0.1) is 0 Å². The molecule has 1 aliphatic heterocycles. The Morgan fingerprint density at radius 1 is 1.48 bits per heavy atom. The first-order chi connectivity index (χ1) is 9.84. The average Bonchev–Trinajstić information content (AvgIpc) is 2.47. The molecule has 1 aromatic heterocycles. The van der Waals surface area contributed by atoms with Crippen LogP contribution in [0.5, 0.6) is 0 Å². The molecule has 9 heteroatoms. The number of piperazine rings is 1. The lowest BCUT2D eigenvalue weighted by molar-refractivity contribution is -0.119. The van der Waals surface area contributed by atoms with Crippen LogP contribution >= 0.6 is 0 Å². The molecule has 1 atom stereocenters. The fraction of sp³-hybridized carbons (Fsp3) is 0.500. The number of sulfonamides is 1. The van der Waals surface area contributed by atoms with Crippen molar-refractivity contribution < 1.29 is 13.2 Å². The van der Waals surface area contributed by atoms with Gasteiger partial charge in [0, 0.05) is 39.9 Å². The molecule has 1 saturated heterocycles. The summed E-state index contributed by atoms with van der Waals surface area (Å²) in [5.74, 6) is 0.104. The number of anilines is 1. The summed E-state index contributed by atoms with van der Waals surface area (Å²) in [5.41, 5.74) is 5.38. The second-order valence-electron chi connectivity index (χ2n) is 4.96. The second kappa shape index (κ2) is 5.96. The Labute approximate surface area is 124 Å². The number of hydrogen-bond acceptors (Lipinski definition) is 6. The van der Waals surface area contributed by atoms with Crippen LogP contribution in [-0.2, 0) is 14.8 Å². The maximum Gasteiger partial charge on any atom is 0.244 e. The largest absolute Gasteiger partial charge is 0.368 e. The summed E-state index contributed by atoms with van der Waals surface area (Å²) < 4.78 is 25.1. The third-order valence-corrected chi connectivity index (χ3v) is 5.16. The van der Waals surface area contributed by atoms with E-state index in [1.165, 1.54) is 26.4 Å². The van der Waals surface area contributed by atoms with E-state index >= 15 is 0 Å². The van der Waals surface area contributed by atoms with Crippen molar-refractivity contribution in [3.63, 3.8) is 0 Å². The Morgan fingerprint density at radius 3 is 2.71 bits per heavy atom. The van der Waals surface area contributed by atoms with E-state index in [0.29, 0.717) is 25.5 Å². The fourth-order valence-electron chi connectivity index (χ4n) is 2.14. The van der Waals surface area contributed by atoms with Crippen molar-refractivity contribution in [1.29, 1.82) is 0 Å². The van der Waals surface area contributed by atoms with E-state index in [1.807, 2.05) is 0 Å². The standard InChI is InChI=1S/C12H19N5O3S/c1-16(2)21(19,20)9-3-4-11(15-7-9)17-6-5-14-8-10(17)12(13)18/h3-4,7,10,14H,5-6,8H2,1-2H3,(H2,13,18). The number of hydrogen-bond donors (Lipinski definition) is 2. The molecule has 2 heterocycles. The van der Waals surface area contributed by atoms with Gasteiger partial charge in [-0.1, -0.05) is 0 Å². The maximum atomic E-state index is 12.0. The Bertz CT molecular complexity index is 614. The normalized spacial score (nSPS) is 19.8. The third kappa shape index (κ3) is 3.14. The minimum atomic E-state index is -3.51. The zero-order valence-electron chi connectivity index (χ0n) is 12.0. The molecule has 0 radical (unpaired) electrons. The van der Waals surface area contributed by atoms with E-state index < -0.39 is 22.0 Å². The smallest absolute Gasteiger partial charge is 0.244 e. The van der Waals surface area contributed by atoms with Crippen molar-refractivity contribution in [1.82, 2.24) is 14.6 Å². The van der Waals surface area contributed by atoms with Crippen LogP contribution in [-0.4, -0.2) is 63.4 Å². The predicted octanol–water partition coefficient (Wildman–Crippen LogP) is -1.40. The first-order valence-corrected chi connectivity index (χ1v) is 7.93. The highest BCUT2D eigenvalue weighted by Crippen LogP contribution is 2.19. The van der Waals surface area contributed by atoms with Gasteiger partial charge in [0.15, 0.2) is 0 Å². The number of nitrogens with one attached hydrogen (secondary N) is 1. The van der Waals surface area contributed by atoms with E-state index in [2.05, 4.69) is 10.3 Å². The summed E-state index contributed by atoms with van der Waals surface area (Å²) in [6.45, 7) is 1.75. The van der Waals surface area contributed by atoms with Crippen LogP contribution in [0.15, 0.2) is 23.2 Å². The van der Waals surface area contributed by atoms with Crippen LogP contribution in [0.1, 0.15) is 0 Å². The number of pyridine rings is 1. The third-order valence-electron chi connectivity index (χ3n) is 3.37. The van der Waals surface area contributed by atoms with Gasteiger partial charge >= 0.3 is 0 Å². The van der Waals surface area contributed by atoms with E-state index in [4.69, 9.17) is 5.73 Å². The van der Waals surface area contributed by atoms with Crippen LogP contribution in [0, 0.1) is 0 Å². The monoisotopic (exact) mass is 313 g/mol. The first-order valence-electron chi connectivity index (χ1n) is 6.49. The van der Waals surface area contributed by atoms with Crippen molar-refractivity contribution in [2.45, 2.75) is 10.9 Å². The van der Waals surface area contributed by atoms with Crippen LogP contribution in [0.3, 0.4) is 0 Å². The number of nitrogens with two attached hydrogens (primary N) is 1. The van der Waals surface area contributed by atoms with E-state index in [9.17, 15) is 13.2 Å². The number of amides is 1. The summed E-state index contributed by atoms with van der Waals surface area (Å²) in [6.07, 6.45) is 1.30. The summed E-state index contributed by atoms with van der Waals surface area (Å²) in [6, 6.07) is 2.60. The van der Waals surface area contributed by atoms with Crippen molar-refractivity contribution in [3.05, 3.63) is 18.3 Å². The van der Waals surface area contributed by atoms with Crippen LogP contribution in [0.2, 0.25) is 0 Å². The Balaban J connectivity index is 2.28. The molecule has 0 saturated carbocycles. The van der Waals surface area contributed by atoms with E-state index in [1.54, 1.807) is 11.0 Å². The molecule has 0 aromatic carbocycles. The topological polar surface area (TPSA) is 109 Å². The van der Waals surface area contributed by atoms with Gasteiger partial charge in [-0.15, -0.1) is 0 Å². The van der Waals surface area contributed by atoms with Gasteiger partial charge in [0.1, 0.15) is 16.8 Å². The summed E-state index contributed by atoms with van der Waals surface area (Å²) in [4.78, 5) is 17.5. The zero-order chi connectivity index (χ0) is 15.6. The molecule has 3 N–H and O–H groups in total. The molecule has 1 fully saturated rings. The van der Waals surface area contributed by atoms with Crippen LogP contribution in [0.25, 0.3) is 0 Å². The SMILES string of the molecule is CN(C)S(=O)(=O)c1ccc(N2CCNCC2C(N)=O)nc1. The molecule has 0 spiro atoms. The van der Waals surface area contributed by atoms with Gasteiger partial charge in [-0.3, -0.25) is 4.79 Å². The average molecular weight is 313 g/mol. The first kappa shape index (κ1) is 15.7. The van der Waals surface area contributed by atoms with Crippen LogP contribution in [0.4, 0.5) is 5.82 Å². The molecular formula is C12H19N5O3S. The highest BCUT2D eigenvalue weighted by molar-refractivity contribution is 7.89. The van der Waals surface area contributed by atoms with Crippen molar-refractivity contribution >= 4 is 21.7 Å².